The molecule has 3 aromatic rings. The van der Waals surface area contributed by atoms with E-state index < -0.39 is 0 Å². The number of carbonyl (C=O) groups is 1. The number of para-hydroxylation sites is 1. The van der Waals surface area contributed by atoms with Crippen molar-refractivity contribution in [2.24, 2.45) is 5.73 Å². The molecule has 1 aliphatic heterocycles. The summed E-state index contributed by atoms with van der Waals surface area (Å²) in [5, 5.41) is 4.67. The highest BCUT2D eigenvalue weighted by molar-refractivity contribution is 5.94. The number of benzene rings is 2. The van der Waals surface area contributed by atoms with Crippen LogP contribution in [0.3, 0.4) is 0 Å². The molecule has 1 amide bonds. The fourth-order valence-electron chi connectivity index (χ4n) is 3.71. The lowest BCUT2D eigenvalue weighted by molar-refractivity contribution is 0.0734. The zero-order valence-electron chi connectivity index (χ0n) is 15.9. The van der Waals surface area contributed by atoms with E-state index in [2.05, 4.69) is 5.10 Å². The fourth-order valence-corrected chi connectivity index (χ4v) is 3.71. The molecule has 2 N–H and O–H groups in total. The molecule has 1 atom stereocenters. The molecule has 1 aromatic heterocycles. The summed E-state index contributed by atoms with van der Waals surface area (Å²) in [7, 11) is 1.64. The highest BCUT2D eigenvalue weighted by atomic mass is 16.5. The minimum atomic E-state index is -0.0580. The van der Waals surface area contributed by atoms with Gasteiger partial charge in [0.25, 0.3) is 5.91 Å². The number of aromatic nitrogens is 2. The summed E-state index contributed by atoms with van der Waals surface area (Å²) in [5.41, 5.74) is 9.03. The predicted molar refractivity (Wildman–Crippen MR) is 109 cm³/mol. The smallest absolute Gasteiger partial charge is 0.274 e. The number of likely N-dealkylation sites (tertiary alicyclic amines) is 1. The number of hydrogen-bond acceptors (Lipinski definition) is 4. The van der Waals surface area contributed by atoms with Crippen LogP contribution in [0.4, 0.5) is 0 Å². The Bertz CT molecular complexity index is 950. The Labute approximate surface area is 164 Å². The van der Waals surface area contributed by atoms with Crippen LogP contribution in [-0.4, -0.2) is 46.8 Å². The first-order valence-electron chi connectivity index (χ1n) is 9.52. The zero-order valence-corrected chi connectivity index (χ0v) is 15.9. The van der Waals surface area contributed by atoms with Gasteiger partial charge in [-0.2, -0.15) is 5.10 Å². The number of methoxy groups -OCH3 is 1. The second kappa shape index (κ2) is 7.86. The van der Waals surface area contributed by atoms with E-state index in [1.165, 1.54) is 0 Å². The van der Waals surface area contributed by atoms with Crippen LogP contribution >= 0.6 is 0 Å². The van der Waals surface area contributed by atoms with Crippen molar-refractivity contribution in [3.63, 3.8) is 0 Å². The maximum Gasteiger partial charge on any atom is 0.274 e. The molecule has 2 heterocycles. The summed E-state index contributed by atoms with van der Waals surface area (Å²) in [6.07, 6.45) is 1.94. The number of hydrogen-bond donors (Lipinski definition) is 1. The summed E-state index contributed by atoms with van der Waals surface area (Å²) in [6.45, 7) is 1.22. The second-order valence-corrected chi connectivity index (χ2v) is 6.92. The fraction of sp³-hybridized carbons (Fsp3) is 0.273. The van der Waals surface area contributed by atoms with Gasteiger partial charge in [0.15, 0.2) is 5.69 Å². The maximum atomic E-state index is 13.1. The third-order valence-electron chi connectivity index (χ3n) is 5.23. The van der Waals surface area contributed by atoms with E-state index in [-0.39, 0.29) is 11.9 Å². The van der Waals surface area contributed by atoms with Crippen LogP contribution < -0.4 is 10.5 Å². The SMILES string of the molecule is COc1ccc(-c2cc(C(=O)N3CCCC3CN)nn2-c2ccccc2)cc1. The summed E-state index contributed by atoms with van der Waals surface area (Å²) in [6, 6.07) is 19.6. The van der Waals surface area contributed by atoms with E-state index in [1.807, 2.05) is 70.2 Å². The van der Waals surface area contributed by atoms with Gasteiger partial charge < -0.3 is 15.4 Å². The Balaban J connectivity index is 1.77. The van der Waals surface area contributed by atoms with Crippen molar-refractivity contribution < 1.29 is 9.53 Å². The van der Waals surface area contributed by atoms with Crippen molar-refractivity contribution in [3.05, 3.63) is 66.4 Å². The molecule has 0 aliphatic carbocycles. The molecule has 0 saturated carbocycles. The van der Waals surface area contributed by atoms with Crippen molar-refractivity contribution in [3.8, 4) is 22.7 Å². The molecule has 28 heavy (non-hydrogen) atoms. The third kappa shape index (κ3) is 3.39. The maximum absolute atomic E-state index is 13.1. The molecule has 6 nitrogen and oxygen atoms in total. The van der Waals surface area contributed by atoms with Gasteiger partial charge >= 0.3 is 0 Å². The molecular weight excluding hydrogens is 352 g/mol. The van der Waals surface area contributed by atoms with Crippen LogP contribution in [0.2, 0.25) is 0 Å². The van der Waals surface area contributed by atoms with Crippen molar-refractivity contribution in [1.29, 1.82) is 0 Å². The monoisotopic (exact) mass is 376 g/mol. The molecule has 0 bridgehead atoms. The minimum Gasteiger partial charge on any atom is -0.497 e. The average molecular weight is 376 g/mol. The number of amides is 1. The standard InChI is InChI=1S/C22H24N4O2/c1-28-19-11-9-16(10-12-19)21-14-20(22(27)25-13-5-8-18(25)15-23)24-26(21)17-6-3-2-4-7-17/h2-4,6-7,9-12,14,18H,5,8,13,15,23H2,1H3. The van der Waals surface area contributed by atoms with Crippen LogP contribution in [-0.2, 0) is 0 Å². The van der Waals surface area contributed by atoms with E-state index in [0.29, 0.717) is 12.2 Å². The zero-order chi connectivity index (χ0) is 19.5. The molecule has 2 aromatic carbocycles. The van der Waals surface area contributed by atoms with Gasteiger partial charge in [0.1, 0.15) is 5.75 Å². The van der Waals surface area contributed by atoms with Crippen molar-refractivity contribution in [2.45, 2.75) is 18.9 Å². The lowest BCUT2D eigenvalue weighted by atomic mass is 10.1. The number of nitrogens with zero attached hydrogens (tertiary/aromatic N) is 3. The Kier molecular flexibility index (Phi) is 5.12. The molecule has 0 radical (unpaired) electrons. The summed E-state index contributed by atoms with van der Waals surface area (Å²) < 4.78 is 7.08. The van der Waals surface area contributed by atoms with Gasteiger partial charge in [0.2, 0.25) is 0 Å². The summed E-state index contributed by atoms with van der Waals surface area (Å²) >= 11 is 0. The molecule has 1 unspecified atom stereocenters. The molecule has 1 saturated heterocycles. The molecule has 1 aliphatic rings. The first-order chi connectivity index (χ1) is 13.7. The van der Waals surface area contributed by atoms with Crippen molar-refractivity contribution in [2.75, 3.05) is 20.2 Å². The van der Waals surface area contributed by atoms with Crippen molar-refractivity contribution >= 4 is 5.91 Å². The van der Waals surface area contributed by atoms with E-state index in [9.17, 15) is 4.79 Å². The molecule has 4 rings (SSSR count). The normalized spacial score (nSPS) is 16.4. The van der Waals surface area contributed by atoms with E-state index in [1.54, 1.807) is 7.11 Å². The second-order valence-electron chi connectivity index (χ2n) is 6.92. The lowest BCUT2D eigenvalue weighted by Gasteiger charge is -2.22. The summed E-state index contributed by atoms with van der Waals surface area (Å²) in [4.78, 5) is 15.0. The number of nitrogens with two attached hydrogens (primary N) is 1. The van der Waals surface area contributed by atoms with Crippen LogP contribution in [0.25, 0.3) is 16.9 Å². The van der Waals surface area contributed by atoms with Gasteiger partial charge in [-0.05, 0) is 55.3 Å². The number of carbonyl (C=O) groups excluding carboxylic acids is 1. The summed E-state index contributed by atoms with van der Waals surface area (Å²) in [5.74, 6) is 0.728. The number of rotatable bonds is 5. The molecule has 6 heteroatoms. The molecule has 144 valence electrons. The Morgan fingerprint density at radius 1 is 1.18 bits per heavy atom. The molecule has 1 fully saturated rings. The van der Waals surface area contributed by atoms with Crippen LogP contribution in [0.15, 0.2) is 60.7 Å². The number of ether oxygens (including phenoxy) is 1. The Hall–Kier alpha value is -3.12. The van der Waals surface area contributed by atoms with Crippen molar-refractivity contribution in [1.82, 2.24) is 14.7 Å². The van der Waals surface area contributed by atoms with Gasteiger partial charge in [0.05, 0.1) is 18.5 Å². The highest BCUT2D eigenvalue weighted by Gasteiger charge is 2.30. The Morgan fingerprint density at radius 3 is 2.61 bits per heavy atom. The first-order valence-corrected chi connectivity index (χ1v) is 9.52. The molecule has 0 spiro atoms. The van der Waals surface area contributed by atoms with Gasteiger partial charge in [0, 0.05) is 24.7 Å². The minimum absolute atomic E-state index is 0.0580. The molecular formula is C22H24N4O2. The quantitative estimate of drug-likeness (QED) is 0.743. The van der Waals surface area contributed by atoms with E-state index in [4.69, 9.17) is 10.5 Å². The largest absolute Gasteiger partial charge is 0.497 e. The third-order valence-corrected chi connectivity index (χ3v) is 5.23. The van der Waals surface area contributed by atoms with E-state index in [0.717, 1.165) is 42.1 Å². The van der Waals surface area contributed by atoms with Gasteiger partial charge in [-0.25, -0.2) is 4.68 Å². The van der Waals surface area contributed by atoms with Gasteiger partial charge in [-0.15, -0.1) is 0 Å². The van der Waals surface area contributed by atoms with Crippen LogP contribution in [0, 0.1) is 0 Å². The highest BCUT2D eigenvalue weighted by Crippen LogP contribution is 2.27. The Morgan fingerprint density at radius 2 is 1.93 bits per heavy atom. The van der Waals surface area contributed by atoms with Crippen LogP contribution in [0.5, 0.6) is 5.75 Å². The predicted octanol–water partition coefficient (Wildman–Crippen LogP) is 3.11. The van der Waals surface area contributed by atoms with E-state index >= 15 is 0 Å². The van der Waals surface area contributed by atoms with Crippen LogP contribution in [0.1, 0.15) is 23.3 Å². The van der Waals surface area contributed by atoms with Gasteiger partial charge in [-0.3, -0.25) is 4.79 Å². The van der Waals surface area contributed by atoms with Gasteiger partial charge in [-0.1, -0.05) is 18.2 Å². The topological polar surface area (TPSA) is 73.4 Å². The average Bonchev–Trinajstić information content (AvgIpc) is 3.41. The lowest BCUT2D eigenvalue weighted by Crippen LogP contribution is -2.40. The first kappa shape index (κ1) is 18.3.